The Labute approximate surface area is 133 Å². The zero-order valence-electron chi connectivity index (χ0n) is 11.7. The van der Waals surface area contributed by atoms with Crippen LogP contribution in [0.3, 0.4) is 0 Å². The first-order valence-corrected chi connectivity index (χ1v) is 7.97. The van der Waals surface area contributed by atoms with Crippen molar-refractivity contribution in [2.45, 2.75) is 12.6 Å². The van der Waals surface area contributed by atoms with Gasteiger partial charge >= 0.3 is 0 Å². The molecular formula is C17H18BrFN2. The molecule has 1 heterocycles. The van der Waals surface area contributed by atoms with Crippen LogP contribution >= 0.6 is 15.9 Å². The molecule has 110 valence electrons. The van der Waals surface area contributed by atoms with E-state index < -0.39 is 0 Å². The Morgan fingerprint density at radius 2 is 2.00 bits per heavy atom. The summed E-state index contributed by atoms with van der Waals surface area (Å²) in [5, 5.41) is 3.43. The summed E-state index contributed by atoms with van der Waals surface area (Å²) < 4.78 is 14.9. The fourth-order valence-electron chi connectivity index (χ4n) is 2.82. The molecule has 2 aromatic carbocycles. The molecule has 0 spiro atoms. The second-order valence-electron chi connectivity index (χ2n) is 5.34. The molecule has 2 aromatic rings. The highest BCUT2D eigenvalue weighted by molar-refractivity contribution is 9.10. The van der Waals surface area contributed by atoms with E-state index in [1.54, 1.807) is 6.07 Å². The third-order valence-corrected chi connectivity index (χ3v) is 4.41. The standard InChI is InChI=1S/C17H18BrFN2/c18-15-6-7-16(19)14(10-15)12-21-9-8-20-11-17(21)13-4-2-1-3-5-13/h1-7,10,17,20H,8-9,11-12H2. The molecule has 1 saturated heterocycles. The zero-order valence-corrected chi connectivity index (χ0v) is 13.3. The van der Waals surface area contributed by atoms with E-state index in [2.05, 4.69) is 50.4 Å². The van der Waals surface area contributed by atoms with Gasteiger partial charge in [0.15, 0.2) is 0 Å². The molecule has 3 rings (SSSR count). The van der Waals surface area contributed by atoms with Crippen molar-refractivity contribution < 1.29 is 4.39 Å². The third kappa shape index (κ3) is 3.51. The van der Waals surface area contributed by atoms with Crippen LogP contribution in [0, 0.1) is 5.82 Å². The fourth-order valence-corrected chi connectivity index (χ4v) is 3.23. The van der Waals surface area contributed by atoms with E-state index in [1.807, 2.05) is 12.1 Å². The molecule has 1 N–H and O–H groups in total. The number of nitrogens with one attached hydrogen (secondary N) is 1. The van der Waals surface area contributed by atoms with Crippen LogP contribution in [0.1, 0.15) is 17.2 Å². The van der Waals surface area contributed by atoms with E-state index in [0.717, 1.165) is 29.7 Å². The number of halogens is 2. The predicted molar refractivity (Wildman–Crippen MR) is 86.6 cm³/mol. The van der Waals surface area contributed by atoms with Crippen LogP contribution in [0.15, 0.2) is 53.0 Å². The number of rotatable bonds is 3. The van der Waals surface area contributed by atoms with Crippen molar-refractivity contribution >= 4 is 15.9 Å². The van der Waals surface area contributed by atoms with Crippen LogP contribution < -0.4 is 5.32 Å². The Balaban J connectivity index is 1.83. The molecule has 0 radical (unpaired) electrons. The monoisotopic (exact) mass is 348 g/mol. The fraction of sp³-hybridized carbons (Fsp3) is 0.294. The highest BCUT2D eigenvalue weighted by atomic mass is 79.9. The summed E-state index contributed by atoms with van der Waals surface area (Å²) in [6, 6.07) is 15.9. The van der Waals surface area contributed by atoms with E-state index in [0.29, 0.717) is 12.6 Å². The minimum absolute atomic E-state index is 0.136. The van der Waals surface area contributed by atoms with Gasteiger partial charge in [0.05, 0.1) is 0 Å². The highest BCUT2D eigenvalue weighted by Crippen LogP contribution is 2.25. The van der Waals surface area contributed by atoms with Crippen LogP contribution in [-0.2, 0) is 6.54 Å². The average molecular weight is 349 g/mol. The minimum atomic E-state index is -0.136. The summed E-state index contributed by atoms with van der Waals surface area (Å²) in [6.07, 6.45) is 0. The van der Waals surface area contributed by atoms with Gasteiger partial charge in [0, 0.05) is 42.3 Å². The van der Waals surface area contributed by atoms with Crippen LogP contribution in [0.2, 0.25) is 0 Å². The number of nitrogens with zero attached hydrogens (tertiary/aromatic N) is 1. The molecule has 1 atom stereocenters. The van der Waals surface area contributed by atoms with Gasteiger partial charge in [-0.1, -0.05) is 46.3 Å². The quantitative estimate of drug-likeness (QED) is 0.908. The molecule has 21 heavy (non-hydrogen) atoms. The molecule has 1 aliphatic heterocycles. The molecule has 2 nitrogen and oxygen atoms in total. The summed E-state index contributed by atoms with van der Waals surface area (Å²) in [5.74, 6) is -0.136. The van der Waals surface area contributed by atoms with Crippen molar-refractivity contribution in [3.63, 3.8) is 0 Å². The number of hydrogen-bond donors (Lipinski definition) is 1. The zero-order chi connectivity index (χ0) is 14.7. The second kappa shape index (κ2) is 6.69. The van der Waals surface area contributed by atoms with Gasteiger partial charge < -0.3 is 5.32 Å². The molecule has 0 aromatic heterocycles. The summed E-state index contributed by atoms with van der Waals surface area (Å²) in [7, 11) is 0. The summed E-state index contributed by atoms with van der Waals surface area (Å²) in [4.78, 5) is 2.34. The largest absolute Gasteiger partial charge is 0.314 e. The first kappa shape index (κ1) is 14.7. The first-order chi connectivity index (χ1) is 10.2. The van der Waals surface area contributed by atoms with Crippen LogP contribution in [0.25, 0.3) is 0 Å². The van der Waals surface area contributed by atoms with Crippen molar-refractivity contribution in [1.29, 1.82) is 0 Å². The molecule has 0 bridgehead atoms. The molecular weight excluding hydrogens is 331 g/mol. The van der Waals surface area contributed by atoms with Gasteiger partial charge in [-0.05, 0) is 23.8 Å². The Kier molecular flexibility index (Phi) is 4.68. The average Bonchev–Trinajstić information content (AvgIpc) is 2.52. The van der Waals surface area contributed by atoms with Gasteiger partial charge in [-0.25, -0.2) is 4.39 Å². The van der Waals surface area contributed by atoms with Gasteiger partial charge in [0.25, 0.3) is 0 Å². The molecule has 1 fully saturated rings. The number of piperazine rings is 1. The van der Waals surface area contributed by atoms with Gasteiger partial charge in [0.2, 0.25) is 0 Å². The lowest BCUT2D eigenvalue weighted by molar-refractivity contribution is 0.152. The minimum Gasteiger partial charge on any atom is -0.314 e. The van der Waals surface area contributed by atoms with E-state index in [9.17, 15) is 4.39 Å². The maximum absolute atomic E-state index is 14.0. The third-order valence-electron chi connectivity index (χ3n) is 3.92. The molecule has 0 saturated carbocycles. The lowest BCUT2D eigenvalue weighted by Crippen LogP contribution is -2.45. The van der Waals surface area contributed by atoms with Crippen molar-refractivity contribution in [3.05, 3.63) is 69.9 Å². The SMILES string of the molecule is Fc1ccc(Br)cc1CN1CCNCC1c1ccccc1. The maximum atomic E-state index is 14.0. The van der Waals surface area contributed by atoms with Gasteiger partial charge in [-0.2, -0.15) is 0 Å². The maximum Gasteiger partial charge on any atom is 0.127 e. The van der Waals surface area contributed by atoms with E-state index in [1.165, 1.54) is 11.6 Å². The summed E-state index contributed by atoms with van der Waals surface area (Å²) in [6.45, 7) is 3.40. The van der Waals surface area contributed by atoms with Gasteiger partial charge in [-0.3, -0.25) is 4.90 Å². The predicted octanol–water partition coefficient (Wildman–Crippen LogP) is 3.73. The van der Waals surface area contributed by atoms with Crippen molar-refractivity contribution in [2.75, 3.05) is 19.6 Å². The Morgan fingerprint density at radius 3 is 2.81 bits per heavy atom. The lowest BCUT2D eigenvalue weighted by Gasteiger charge is -2.36. The Morgan fingerprint density at radius 1 is 1.19 bits per heavy atom. The smallest absolute Gasteiger partial charge is 0.127 e. The normalized spacial score (nSPS) is 19.6. The van der Waals surface area contributed by atoms with Crippen LogP contribution in [0.5, 0.6) is 0 Å². The lowest BCUT2D eigenvalue weighted by atomic mass is 10.0. The number of benzene rings is 2. The molecule has 1 unspecified atom stereocenters. The highest BCUT2D eigenvalue weighted by Gasteiger charge is 2.24. The molecule has 1 aliphatic rings. The van der Waals surface area contributed by atoms with Crippen molar-refractivity contribution in [1.82, 2.24) is 10.2 Å². The van der Waals surface area contributed by atoms with Crippen LogP contribution in [-0.4, -0.2) is 24.5 Å². The molecule has 0 amide bonds. The van der Waals surface area contributed by atoms with E-state index in [-0.39, 0.29) is 5.82 Å². The molecule has 0 aliphatic carbocycles. The Hall–Kier alpha value is -1.23. The first-order valence-electron chi connectivity index (χ1n) is 7.17. The summed E-state index contributed by atoms with van der Waals surface area (Å²) in [5.41, 5.74) is 2.02. The number of hydrogen-bond acceptors (Lipinski definition) is 2. The molecule has 4 heteroatoms. The van der Waals surface area contributed by atoms with Crippen molar-refractivity contribution in [2.24, 2.45) is 0 Å². The van der Waals surface area contributed by atoms with E-state index >= 15 is 0 Å². The van der Waals surface area contributed by atoms with E-state index in [4.69, 9.17) is 0 Å². The second-order valence-corrected chi connectivity index (χ2v) is 6.25. The van der Waals surface area contributed by atoms with Crippen molar-refractivity contribution in [3.8, 4) is 0 Å². The Bertz CT molecular complexity index is 603. The van der Waals surface area contributed by atoms with Gasteiger partial charge in [0.1, 0.15) is 5.82 Å². The van der Waals surface area contributed by atoms with Crippen LogP contribution in [0.4, 0.5) is 4.39 Å². The topological polar surface area (TPSA) is 15.3 Å². The van der Waals surface area contributed by atoms with Gasteiger partial charge in [-0.15, -0.1) is 0 Å². The summed E-state index contributed by atoms with van der Waals surface area (Å²) >= 11 is 3.42.